The lowest BCUT2D eigenvalue weighted by atomic mass is 10.1. The molecule has 1 N–H and O–H groups in total. The standard InChI is InChI=1S/C12H20N2O3/c1-3-9-6-10(14(2)13-9)7-11(15)12-8-16-4-5-17-12/h6,11-12,15H,3-5,7-8H2,1-2H3. The van der Waals surface area contributed by atoms with Gasteiger partial charge in [0.1, 0.15) is 6.10 Å². The first kappa shape index (κ1) is 12.5. The van der Waals surface area contributed by atoms with Crippen LogP contribution >= 0.6 is 0 Å². The van der Waals surface area contributed by atoms with E-state index < -0.39 is 6.10 Å². The van der Waals surface area contributed by atoms with Crippen LogP contribution in [0.5, 0.6) is 0 Å². The molecule has 0 aliphatic carbocycles. The number of hydrogen-bond acceptors (Lipinski definition) is 4. The van der Waals surface area contributed by atoms with E-state index in [0.29, 0.717) is 26.2 Å². The number of aliphatic hydroxyl groups is 1. The van der Waals surface area contributed by atoms with Crippen molar-refractivity contribution in [1.29, 1.82) is 0 Å². The summed E-state index contributed by atoms with van der Waals surface area (Å²) in [6, 6.07) is 2.03. The summed E-state index contributed by atoms with van der Waals surface area (Å²) in [5.41, 5.74) is 2.08. The van der Waals surface area contributed by atoms with Crippen molar-refractivity contribution in [3.63, 3.8) is 0 Å². The van der Waals surface area contributed by atoms with Crippen LogP contribution in [0.2, 0.25) is 0 Å². The second-order valence-corrected chi connectivity index (χ2v) is 4.36. The molecule has 1 aliphatic heterocycles. The van der Waals surface area contributed by atoms with Gasteiger partial charge in [-0.2, -0.15) is 5.10 Å². The molecule has 2 heterocycles. The summed E-state index contributed by atoms with van der Waals surface area (Å²) < 4.78 is 12.6. The fourth-order valence-corrected chi connectivity index (χ4v) is 2.01. The average molecular weight is 240 g/mol. The Bertz CT molecular complexity index is 359. The van der Waals surface area contributed by atoms with E-state index in [4.69, 9.17) is 9.47 Å². The number of hydrogen-bond donors (Lipinski definition) is 1. The summed E-state index contributed by atoms with van der Waals surface area (Å²) in [6.07, 6.45) is 0.712. The van der Waals surface area contributed by atoms with Crippen LogP contribution in [0.25, 0.3) is 0 Å². The van der Waals surface area contributed by atoms with Gasteiger partial charge in [-0.3, -0.25) is 4.68 Å². The summed E-state index contributed by atoms with van der Waals surface area (Å²) in [7, 11) is 1.90. The van der Waals surface area contributed by atoms with Crippen LogP contribution in [0.3, 0.4) is 0 Å². The second-order valence-electron chi connectivity index (χ2n) is 4.36. The topological polar surface area (TPSA) is 56.5 Å². The van der Waals surface area contributed by atoms with Crippen LogP contribution in [0.1, 0.15) is 18.3 Å². The van der Waals surface area contributed by atoms with E-state index in [1.807, 2.05) is 17.8 Å². The maximum Gasteiger partial charge on any atom is 0.107 e. The predicted molar refractivity (Wildman–Crippen MR) is 62.9 cm³/mol. The number of aromatic nitrogens is 2. The molecule has 0 spiro atoms. The van der Waals surface area contributed by atoms with Gasteiger partial charge in [-0.05, 0) is 12.5 Å². The molecule has 1 aliphatic rings. The molecular weight excluding hydrogens is 220 g/mol. The van der Waals surface area contributed by atoms with Gasteiger partial charge in [0.15, 0.2) is 0 Å². The minimum atomic E-state index is -0.532. The fraction of sp³-hybridized carbons (Fsp3) is 0.750. The molecule has 1 aromatic rings. The highest BCUT2D eigenvalue weighted by molar-refractivity contribution is 5.11. The van der Waals surface area contributed by atoms with E-state index in [-0.39, 0.29) is 6.10 Å². The van der Waals surface area contributed by atoms with Gasteiger partial charge in [0.25, 0.3) is 0 Å². The van der Waals surface area contributed by atoms with Crippen LogP contribution in [0, 0.1) is 0 Å². The molecule has 0 saturated carbocycles. The largest absolute Gasteiger partial charge is 0.390 e. The predicted octanol–water partition coefficient (Wildman–Crippen LogP) is 0.301. The number of ether oxygens (including phenoxy) is 2. The van der Waals surface area contributed by atoms with Crippen molar-refractivity contribution < 1.29 is 14.6 Å². The summed E-state index contributed by atoms with van der Waals surface area (Å²) in [5, 5.41) is 14.4. The Morgan fingerprint density at radius 2 is 2.41 bits per heavy atom. The molecule has 96 valence electrons. The maximum atomic E-state index is 10.1. The normalized spacial score (nSPS) is 22.6. The SMILES string of the molecule is CCc1cc(CC(O)C2COCCO2)n(C)n1. The number of aryl methyl sites for hydroxylation is 2. The van der Waals surface area contributed by atoms with E-state index >= 15 is 0 Å². The summed E-state index contributed by atoms with van der Waals surface area (Å²) in [6.45, 7) is 3.72. The first-order valence-electron chi connectivity index (χ1n) is 6.10. The van der Waals surface area contributed by atoms with E-state index in [1.54, 1.807) is 0 Å². The van der Waals surface area contributed by atoms with Crippen LogP contribution in [-0.4, -0.2) is 46.9 Å². The van der Waals surface area contributed by atoms with Crippen molar-refractivity contribution in [3.05, 3.63) is 17.5 Å². The maximum absolute atomic E-state index is 10.1. The summed E-state index contributed by atoms with van der Waals surface area (Å²) in [4.78, 5) is 0. The van der Waals surface area contributed by atoms with Crippen molar-refractivity contribution >= 4 is 0 Å². The Kier molecular flexibility index (Phi) is 4.15. The minimum absolute atomic E-state index is 0.219. The zero-order chi connectivity index (χ0) is 12.3. The monoisotopic (exact) mass is 240 g/mol. The molecule has 0 amide bonds. The Labute approximate surface area is 101 Å². The zero-order valence-corrected chi connectivity index (χ0v) is 10.4. The van der Waals surface area contributed by atoms with E-state index in [0.717, 1.165) is 17.8 Å². The molecule has 2 atom stereocenters. The third kappa shape index (κ3) is 3.06. The summed E-state index contributed by atoms with van der Waals surface area (Å²) in [5.74, 6) is 0. The molecule has 2 unspecified atom stereocenters. The van der Waals surface area contributed by atoms with Crippen LogP contribution in [0.15, 0.2) is 6.07 Å². The molecule has 1 saturated heterocycles. The molecule has 17 heavy (non-hydrogen) atoms. The van der Waals surface area contributed by atoms with Crippen molar-refractivity contribution in [1.82, 2.24) is 9.78 Å². The van der Waals surface area contributed by atoms with Gasteiger partial charge in [-0.1, -0.05) is 6.92 Å². The minimum Gasteiger partial charge on any atom is -0.390 e. The Hall–Kier alpha value is -0.910. The molecule has 0 radical (unpaired) electrons. The number of aliphatic hydroxyl groups excluding tert-OH is 1. The molecule has 0 aromatic carbocycles. The smallest absolute Gasteiger partial charge is 0.107 e. The van der Waals surface area contributed by atoms with Crippen molar-refractivity contribution in [2.75, 3.05) is 19.8 Å². The highest BCUT2D eigenvalue weighted by Gasteiger charge is 2.24. The van der Waals surface area contributed by atoms with E-state index in [2.05, 4.69) is 12.0 Å². The van der Waals surface area contributed by atoms with Gasteiger partial charge in [-0.25, -0.2) is 0 Å². The van der Waals surface area contributed by atoms with Gasteiger partial charge >= 0.3 is 0 Å². The molecule has 0 bridgehead atoms. The lowest BCUT2D eigenvalue weighted by Crippen LogP contribution is -2.39. The first-order chi connectivity index (χ1) is 8.20. The third-order valence-electron chi connectivity index (χ3n) is 3.08. The quantitative estimate of drug-likeness (QED) is 0.822. The first-order valence-corrected chi connectivity index (χ1v) is 6.10. The Morgan fingerprint density at radius 3 is 3.00 bits per heavy atom. The molecule has 5 heteroatoms. The fourth-order valence-electron chi connectivity index (χ4n) is 2.01. The molecular formula is C12H20N2O3. The van der Waals surface area contributed by atoms with Gasteiger partial charge in [0.2, 0.25) is 0 Å². The highest BCUT2D eigenvalue weighted by Crippen LogP contribution is 2.12. The van der Waals surface area contributed by atoms with Crippen molar-refractivity contribution in [2.45, 2.75) is 32.0 Å². The van der Waals surface area contributed by atoms with Gasteiger partial charge in [-0.15, -0.1) is 0 Å². The lowest BCUT2D eigenvalue weighted by molar-refractivity contribution is -0.131. The zero-order valence-electron chi connectivity index (χ0n) is 10.4. The van der Waals surface area contributed by atoms with Gasteiger partial charge < -0.3 is 14.6 Å². The lowest BCUT2D eigenvalue weighted by Gasteiger charge is -2.27. The van der Waals surface area contributed by atoms with Gasteiger partial charge in [0.05, 0.1) is 31.6 Å². The highest BCUT2D eigenvalue weighted by atomic mass is 16.6. The molecule has 2 rings (SSSR count). The molecule has 5 nitrogen and oxygen atoms in total. The van der Waals surface area contributed by atoms with Crippen molar-refractivity contribution in [3.8, 4) is 0 Å². The Balaban J connectivity index is 1.96. The number of nitrogens with zero attached hydrogens (tertiary/aromatic N) is 2. The molecule has 1 aromatic heterocycles. The van der Waals surface area contributed by atoms with Crippen LogP contribution < -0.4 is 0 Å². The second kappa shape index (κ2) is 5.62. The van der Waals surface area contributed by atoms with Crippen LogP contribution in [-0.2, 0) is 29.4 Å². The summed E-state index contributed by atoms with van der Waals surface area (Å²) >= 11 is 0. The number of rotatable bonds is 4. The van der Waals surface area contributed by atoms with E-state index in [1.165, 1.54) is 0 Å². The third-order valence-corrected chi connectivity index (χ3v) is 3.08. The van der Waals surface area contributed by atoms with Crippen LogP contribution in [0.4, 0.5) is 0 Å². The van der Waals surface area contributed by atoms with Crippen molar-refractivity contribution in [2.24, 2.45) is 7.05 Å². The van der Waals surface area contributed by atoms with Gasteiger partial charge in [0, 0.05) is 19.2 Å². The van der Waals surface area contributed by atoms with E-state index in [9.17, 15) is 5.11 Å². The molecule has 1 fully saturated rings. The Morgan fingerprint density at radius 1 is 1.59 bits per heavy atom. The average Bonchev–Trinajstić information content (AvgIpc) is 2.71.